The molecule has 2 rings (SSSR count). The summed E-state index contributed by atoms with van der Waals surface area (Å²) in [4.78, 5) is 11.3. The highest BCUT2D eigenvalue weighted by atomic mass is 35.5. The molecule has 0 fully saturated rings. The van der Waals surface area contributed by atoms with Crippen LogP contribution in [-0.2, 0) is 4.74 Å². The maximum absolute atomic E-state index is 11.3. The molecule has 0 bridgehead atoms. The Morgan fingerprint density at radius 3 is 2.65 bits per heavy atom. The molecule has 0 spiro atoms. The average molecular weight is 253 g/mol. The molecular weight excluding hydrogens is 244 g/mol. The van der Waals surface area contributed by atoms with E-state index in [1.54, 1.807) is 24.3 Å². The molecule has 1 aromatic heterocycles. The van der Waals surface area contributed by atoms with Gasteiger partial charge in [-0.25, -0.2) is 9.48 Å². The molecule has 6 heteroatoms. The molecule has 5 nitrogen and oxygen atoms in total. The highest BCUT2D eigenvalue weighted by molar-refractivity contribution is 6.30. The van der Waals surface area contributed by atoms with E-state index in [-0.39, 0.29) is 11.4 Å². The van der Waals surface area contributed by atoms with Gasteiger partial charge in [0, 0.05) is 5.02 Å². The van der Waals surface area contributed by atoms with Crippen LogP contribution >= 0.6 is 11.6 Å². The minimum absolute atomic E-state index is 0.123. The topological polar surface area (TPSA) is 64.3 Å². The van der Waals surface area contributed by atoms with Crippen LogP contribution in [0.4, 0.5) is 0 Å². The molecule has 0 amide bonds. The molecular formula is C11H9ClN2O3. The summed E-state index contributed by atoms with van der Waals surface area (Å²) in [5.74, 6) is -0.915. The van der Waals surface area contributed by atoms with Gasteiger partial charge in [0.2, 0.25) is 5.69 Å². The Kier molecular flexibility index (Phi) is 3.01. The smallest absolute Gasteiger partial charge is 0.362 e. The summed E-state index contributed by atoms with van der Waals surface area (Å²) in [5.41, 5.74) is 0.558. The van der Waals surface area contributed by atoms with E-state index >= 15 is 0 Å². The SMILES string of the molecule is COC(=O)c1nn(-c2ccc(Cl)cc2)cc1O. The number of methoxy groups -OCH3 is 1. The Hall–Kier alpha value is -2.01. The number of hydrogen-bond acceptors (Lipinski definition) is 4. The third kappa shape index (κ3) is 2.24. The van der Waals surface area contributed by atoms with Crippen LogP contribution in [0.1, 0.15) is 10.5 Å². The average Bonchev–Trinajstić information content (AvgIpc) is 2.71. The fourth-order valence-corrected chi connectivity index (χ4v) is 1.46. The molecule has 88 valence electrons. The Balaban J connectivity index is 2.41. The minimum atomic E-state index is -0.685. The zero-order valence-corrected chi connectivity index (χ0v) is 9.68. The number of carbonyl (C=O) groups is 1. The summed E-state index contributed by atoms with van der Waals surface area (Å²) in [7, 11) is 1.23. The second-order valence-corrected chi connectivity index (χ2v) is 3.71. The summed E-state index contributed by atoms with van der Waals surface area (Å²) in [6.07, 6.45) is 1.33. The van der Waals surface area contributed by atoms with Crippen LogP contribution in [-0.4, -0.2) is 28.0 Å². The van der Waals surface area contributed by atoms with E-state index in [9.17, 15) is 9.90 Å². The molecule has 0 saturated heterocycles. The van der Waals surface area contributed by atoms with Gasteiger partial charge in [0.05, 0.1) is 19.0 Å². The third-order valence-electron chi connectivity index (χ3n) is 2.16. The first-order valence-corrected chi connectivity index (χ1v) is 5.12. The molecule has 1 N–H and O–H groups in total. The first-order valence-electron chi connectivity index (χ1n) is 4.74. The van der Waals surface area contributed by atoms with Crippen LogP contribution in [0.15, 0.2) is 30.5 Å². The second kappa shape index (κ2) is 4.47. The number of aromatic nitrogens is 2. The van der Waals surface area contributed by atoms with Gasteiger partial charge in [-0.1, -0.05) is 11.6 Å². The lowest BCUT2D eigenvalue weighted by Gasteiger charge is -2.00. The normalized spacial score (nSPS) is 10.2. The van der Waals surface area contributed by atoms with Crippen molar-refractivity contribution in [1.29, 1.82) is 0 Å². The monoisotopic (exact) mass is 252 g/mol. The molecule has 1 aromatic carbocycles. The van der Waals surface area contributed by atoms with E-state index in [1.807, 2.05) is 0 Å². The fraction of sp³-hybridized carbons (Fsp3) is 0.0909. The van der Waals surface area contributed by atoms with Crippen molar-refractivity contribution >= 4 is 17.6 Å². The third-order valence-corrected chi connectivity index (χ3v) is 2.42. The number of rotatable bonds is 2. The second-order valence-electron chi connectivity index (χ2n) is 3.28. The highest BCUT2D eigenvalue weighted by Crippen LogP contribution is 2.19. The Morgan fingerprint density at radius 1 is 1.41 bits per heavy atom. The molecule has 0 unspecified atom stereocenters. The zero-order chi connectivity index (χ0) is 12.4. The molecule has 0 aliphatic heterocycles. The lowest BCUT2D eigenvalue weighted by Crippen LogP contribution is -2.04. The summed E-state index contributed by atoms with van der Waals surface area (Å²) < 4.78 is 5.86. The van der Waals surface area contributed by atoms with Gasteiger partial charge in [-0.15, -0.1) is 0 Å². The van der Waals surface area contributed by atoms with Crippen molar-refractivity contribution in [3.8, 4) is 11.4 Å². The predicted molar refractivity (Wildman–Crippen MR) is 61.6 cm³/mol. The highest BCUT2D eigenvalue weighted by Gasteiger charge is 2.17. The maximum atomic E-state index is 11.3. The van der Waals surface area contributed by atoms with Gasteiger partial charge in [0.15, 0.2) is 5.75 Å². The molecule has 0 aliphatic carbocycles. The van der Waals surface area contributed by atoms with Crippen molar-refractivity contribution in [2.75, 3.05) is 7.11 Å². The Labute approximate surface area is 102 Å². The first kappa shape index (κ1) is 11.5. The van der Waals surface area contributed by atoms with E-state index < -0.39 is 5.97 Å². The van der Waals surface area contributed by atoms with Crippen LogP contribution in [0.25, 0.3) is 5.69 Å². The van der Waals surface area contributed by atoms with Crippen LogP contribution in [0.5, 0.6) is 5.75 Å². The number of hydrogen-bond donors (Lipinski definition) is 1. The number of esters is 1. The largest absolute Gasteiger partial charge is 0.504 e. The van der Waals surface area contributed by atoms with Crippen molar-refractivity contribution in [1.82, 2.24) is 9.78 Å². The standard InChI is InChI=1S/C11H9ClN2O3/c1-17-11(16)10-9(15)6-14(13-10)8-4-2-7(12)3-5-8/h2-6,15H,1H3. The molecule has 17 heavy (non-hydrogen) atoms. The van der Waals surface area contributed by atoms with Crippen molar-refractivity contribution in [2.24, 2.45) is 0 Å². The van der Waals surface area contributed by atoms with Crippen LogP contribution in [0.3, 0.4) is 0 Å². The van der Waals surface area contributed by atoms with Gasteiger partial charge in [-0.2, -0.15) is 5.10 Å². The summed E-state index contributed by atoms with van der Waals surface area (Å²) in [5, 5.41) is 14.1. The fourth-order valence-electron chi connectivity index (χ4n) is 1.33. The van der Waals surface area contributed by atoms with Gasteiger partial charge in [0.1, 0.15) is 0 Å². The van der Waals surface area contributed by atoms with Crippen LogP contribution < -0.4 is 0 Å². The van der Waals surface area contributed by atoms with Crippen molar-refractivity contribution in [2.45, 2.75) is 0 Å². The number of aromatic hydroxyl groups is 1. The molecule has 0 aliphatic rings. The number of nitrogens with zero attached hydrogens (tertiary/aromatic N) is 2. The first-order chi connectivity index (χ1) is 8.11. The quantitative estimate of drug-likeness (QED) is 0.831. The van der Waals surface area contributed by atoms with Gasteiger partial charge in [0.25, 0.3) is 0 Å². The molecule has 0 saturated carbocycles. The molecule has 0 atom stereocenters. The number of halogens is 1. The van der Waals surface area contributed by atoms with E-state index in [0.29, 0.717) is 10.7 Å². The minimum Gasteiger partial charge on any atom is -0.504 e. The van der Waals surface area contributed by atoms with E-state index in [4.69, 9.17) is 11.6 Å². The lowest BCUT2D eigenvalue weighted by molar-refractivity contribution is 0.0590. The van der Waals surface area contributed by atoms with Gasteiger partial charge in [-0.3, -0.25) is 0 Å². The van der Waals surface area contributed by atoms with Crippen LogP contribution in [0.2, 0.25) is 5.02 Å². The van der Waals surface area contributed by atoms with Crippen LogP contribution in [0, 0.1) is 0 Å². The van der Waals surface area contributed by atoms with E-state index in [0.717, 1.165) is 0 Å². The zero-order valence-electron chi connectivity index (χ0n) is 8.92. The summed E-state index contributed by atoms with van der Waals surface area (Å²) in [6.45, 7) is 0. The van der Waals surface area contributed by atoms with Crippen molar-refractivity contribution in [3.63, 3.8) is 0 Å². The van der Waals surface area contributed by atoms with Gasteiger partial charge in [-0.05, 0) is 24.3 Å². The van der Waals surface area contributed by atoms with E-state index in [1.165, 1.54) is 18.0 Å². The molecule has 2 aromatic rings. The Morgan fingerprint density at radius 2 is 2.06 bits per heavy atom. The van der Waals surface area contributed by atoms with Crippen molar-refractivity contribution < 1.29 is 14.6 Å². The van der Waals surface area contributed by atoms with Crippen molar-refractivity contribution in [3.05, 3.63) is 41.2 Å². The molecule has 1 heterocycles. The summed E-state index contributed by atoms with van der Waals surface area (Å²) >= 11 is 5.76. The van der Waals surface area contributed by atoms with Gasteiger partial charge < -0.3 is 9.84 Å². The lowest BCUT2D eigenvalue weighted by atomic mass is 10.3. The number of ether oxygens (including phenoxy) is 1. The number of carbonyl (C=O) groups excluding carboxylic acids is 1. The predicted octanol–water partition coefficient (Wildman–Crippen LogP) is 2.02. The van der Waals surface area contributed by atoms with Gasteiger partial charge >= 0.3 is 5.97 Å². The number of benzene rings is 1. The molecule has 0 radical (unpaired) electrons. The maximum Gasteiger partial charge on any atom is 0.362 e. The van der Waals surface area contributed by atoms with E-state index in [2.05, 4.69) is 9.84 Å². The Bertz CT molecular complexity index is 548. The summed E-state index contributed by atoms with van der Waals surface area (Å²) in [6, 6.07) is 6.81.